The van der Waals surface area contributed by atoms with E-state index in [1.165, 1.54) is 18.3 Å². The summed E-state index contributed by atoms with van der Waals surface area (Å²) in [7, 11) is 0. The fraction of sp³-hybridized carbons (Fsp3) is 0.0870. The number of fused-ring (bicyclic) bond motifs is 1. The molecule has 8 nitrogen and oxygen atoms in total. The van der Waals surface area contributed by atoms with Crippen molar-refractivity contribution in [2.75, 3.05) is 0 Å². The van der Waals surface area contributed by atoms with Crippen molar-refractivity contribution < 1.29 is 9.66 Å². The summed E-state index contributed by atoms with van der Waals surface area (Å²) in [6.45, 7) is 1.61. The molecule has 0 unspecified atom stereocenters. The van der Waals surface area contributed by atoms with Gasteiger partial charge in [-0.15, -0.1) is 0 Å². The molecule has 1 aromatic heterocycles. The minimum atomic E-state index is -0.600. The van der Waals surface area contributed by atoms with E-state index in [1.807, 2.05) is 0 Å². The fourth-order valence-electron chi connectivity index (χ4n) is 3.27. The Labute approximate surface area is 211 Å². The first-order valence-electron chi connectivity index (χ1n) is 9.82. The lowest BCUT2D eigenvalue weighted by atomic mass is 10.2. The Kier molecular flexibility index (Phi) is 6.97. The third-order valence-corrected chi connectivity index (χ3v) is 5.95. The first kappa shape index (κ1) is 23.9. The monoisotopic (exact) mass is 560 g/mol. The number of benzene rings is 3. The first-order chi connectivity index (χ1) is 16.2. The molecular formula is C23H15BrCl2N4O4. The Hall–Kier alpha value is -3.27. The van der Waals surface area contributed by atoms with Crippen LogP contribution in [0.2, 0.25) is 10.0 Å². The predicted octanol–water partition coefficient (Wildman–Crippen LogP) is 6.14. The predicted molar refractivity (Wildman–Crippen MR) is 135 cm³/mol. The van der Waals surface area contributed by atoms with Gasteiger partial charge in [0.05, 0.1) is 22.0 Å². The van der Waals surface area contributed by atoms with Crippen molar-refractivity contribution in [1.82, 2.24) is 9.66 Å². The largest absolute Gasteiger partial charge is 0.481 e. The summed E-state index contributed by atoms with van der Waals surface area (Å²) in [5, 5.41) is 16.9. The van der Waals surface area contributed by atoms with Crippen LogP contribution < -0.4 is 10.3 Å². The van der Waals surface area contributed by atoms with E-state index in [4.69, 9.17) is 27.9 Å². The van der Waals surface area contributed by atoms with Crippen molar-refractivity contribution in [2.24, 2.45) is 5.10 Å². The van der Waals surface area contributed by atoms with Crippen LogP contribution in [0.5, 0.6) is 5.75 Å². The molecule has 0 aliphatic rings. The molecule has 0 aliphatic heterocycles. The molecule has 0 spiro atoms. The molecular weight excluding hydrogens is 547 g/mol. The number of rotatable bonds is 6. The normalized spacial score (nSPS) is 11.3. The van der Waals surface area contributed by atoms with E-state index in [1.54, 1.807) is 49.4 Å². The van der Waals surface area contributed by atoms with E-state index < -0.39 is 10.5 Å². The summed E-state index contributed by atoms with van der Waals surface area (Å²) in [6, 6.07) is 14.8. The molecule has 0 amide bonds. The average Bonchev–Trinajstić information content (AvgIpc) is 2.79. The van der Waals surface area contributed by atoms with Gasteiger partial charge in [-0.25, -0.2) is 4.98 Å². The Morgan fingerprint density at radius 1 is 1.21 bits per heavy atom. The number of hydrogen-bond donors (Lipinski definition) is 0. The third kappa shape index (κ3) is 4.96. The van der Waals surface area contributed by atoms with Gasteiger partial charge >= 0.3 is 5.69 Å². The van der Waals surface area contributed by atoms with Gasteiger partial charge in [0.25, 0.3) is 5.56 Å². The zero-order valence-electron chi connectivity index (χ0n) is 17.5. The molecule has 3 aromatic carbocycles. The lowest BCUT2D eigenvalue weighted by Crippen LogP contribution is -2.20. The second-order valence-electron chi connectivity index (χ2n) is 7.16. The van der Waals surface area contributed by atoms with Crippen LogP contribution in [0.15, 0.2) is 69.0 Å². The molecule has 0 saturated carbocycles. The van der Waals surface area contributed by atoms with Gasteiger partial charge in [-0.3, -0.25) is 14.9 Å². The summed E-state index contributed by atoms with van der Waals surface area (Å²) in [5.74, 6) is 0.284. The molecule has 172 valence electrons. The molecule has 0 N–H and O–H groups in total. The van der Waals surface area contributed by atoms with Crippen LogP contribution in [0.4, 0.5) is 5.69 Å². The van der Waals surface area contributed by atoms with Gasteiger partial charge in [0.2, 0.25) is 5.75 Å². The number of aryl methyl sites for hydroxylation is 1. The van der Waals surface area contributed by atoms with Crippen molar-refractivity contribution in [1.29, 1.82) is 0 Å². The number of nitro groups is 1. The SMILES string of the molecule is Cc1nc2ccc(Br)cc2c(=O)n1N=Cc1cc(Cl)cc([N+](=O)[O-])c1OCc1ccccc1Cl. The average molecular weight is 562 g/mol. The van der Waals surface area contributed by atoms with E-state index in [-0.39, 0.29) is 28.6 Å². The molecule has 0 saturated heterocycles. The molecule has 0 aliphatic carbocycles. The molecule has 4 aromatic rings. The van der Waals surface area contributed by atoms with E-state index >= 15 is 0 Å². The second kappa shape index (κ2) is 9.92. The summed E-state index contributed by atoms with van der Waals surface area (Å²) in [6.07, 6.45) is 1.28. The number of halogens is 3. The molecule has 0 bridgehead atoms. The van der Waals surface area contributed by atoms with Gasteiger partial charge in [-0.05, 0) is 37.3 Å². The Morgan fingerprint density at radius 2 is 1.97 bits per heavy atom. The van der Waals surface area contributed by atoms with Crippen LogP contribution >= 0.6 is 39.1 Å². The highest BCUT2D eigenvalue weighted by molar-refractivity contribution is 9.10. The maximum Gasteiger partial charge on any atom is 0.313 e. The van der Waals surface area contributed by atoms with Gasteiger partial charge in [0, 0.05) is 31.7 Å². The standard InChI is InChI=1S/C23H15BrCl2N4O4/c1-13-28-20-7-6-16(24)9-18(20)23(31)29(13)27-11-15-8-17(25)10-21(30(32)33)22(15)34-12-14-4-2-3-5-19(14)26/h2-11H,12H2,1H3. The Bertz CT molecular complexity index is 1520. The summed E-state index contributed by atoms with van der Waals surface area (Å²) in [5.41, 5.74) is 0.652. The minimum absolute atomic E-state index is 0.0203. The van der Waals surface area contributed by atoms with Gasteiger partial charge in [0.1, 0.15) is 12.4 Å². The van der Waals surface area contributed by atoms with Crippen LogP contribution in [-0.2, 0) is 6.61 Å². The molecule has 11 heteroatoms. The third-order valence-electron chi connectivity index (χ3n) is 4.87. The molecule has 1 heterocycles. The fourth-order valence-corrected chi connectivity index (χ4v) is 4.04. The van der Waals surface area contributed by atoms with Crippen molar-refractivity contribution in [3.05, 3.63) is 107 Å². The van der Waals surface area contributed by atoms with Crippen LogP contribution in [0.1, 0.15) is 17.0 Å². The second-order valence-corrected chi connectivity index (χ2v) is 8.92. The van der Waals surface area contributed by atoms with Gasteiger partial charge < -0.3 is 4.74 Å². The summed E-state index contributed by atoms with van der Waals surface area (Å²) in [4.78, 5) is 28.5. The van der Waals surface area contributed by atoms with Gasteiger partial charge in [-0.2, -0.15) is 9.78 Å². The Balaban J connectivity index is 1.79. The Morgan fingerprint density at radius 3 is 2.71 bits per heavy atom. The van der Waals surface area contributed by atoms with Crippen molar-refractivity contribution >= 4 is 61.9 Å². The van der Waals surface area contributed by atoms with Crippen LogP contribution in [0, 0.1) is 17.0 Å². The number of nitrogens with zero attached hydrogens (tertiary/aromatic N) is 4. The minimum Gasteiger partial charge on any atom is -0.481 e. The maximum atomic E-state index is 13.0. The molecule has 4 rings (SSSR count). The first-order valence-corrected chi connectivity index (χ1v) is 11.4. The smallest absolute Gasteiger partial charge is 0.313 e. The highest BCUT2D eigenvalue weighted by Crippen LogP contribution is 2.34. The van der Waals surface area contributed by atoms with E-state index in [0.717, 1.165) is 9.15 Å². The van der Waals surface area contributed by atoms with E-state index in [0.29, 0.717) is 27.3 Å². The lowest BCUT2D eigenvalue weighted by molar-refractivity contribution is -0.385. The van der Waals surface area contributed by atoms with Gasteiger partial charge in [-0.1, -0.05) is 57.3 Å². The number of hydrogen-bond acceptors (Lipinski definition) is 6. The maximum absolute atomic E-state index is 13.0. The quantitative estimate of drug-likeness (QED) is 0.160. The zero-order valence-corrected chi connectivity index (χ0v) is 20.6. The highest BCUT2D eigenvalue weighted by Gasteiger charge is 2.21. The number of aromatic nitrogens is 2. The van der Waals surface area contributed by atoms with Crippen LogP contribution in [0.3, 0.4) is 0 Å². The molecule has 0 radical (unpaired) electrons. The topological polar surface area (TPSA) is 99.6 Å². The zero-order chi connectivity index (χ0) is 24.4. The van der Waals surface area contributed by atoms with E-state index in [9.17, 15) is 14.9 Å². The summed E-state index contributed by atoms with van der Waals surface area (Å²) >= 11 is 15.6. The molecule has 0 atom stereocenters. The lowest BCUT2D eigenvalue weighted by Gasteiger charge is -2.11. The molecule has 0 fully saturated rings. The van der Waals surface area contributed by atoms with Crippen molar-refractivity contribution in [3.63, 3.8) is 0 Å². The van der Waals surface area contributed by atoms with Crippen LogP contribution in [0.25, 0.3) is 10.9 Å². The van der Waals surface area contributed by atoms with E-state index in [2.05, 4.69) is 26.0 Å². The summed E-state index contributed by atoms with van der Waals surface area (Å²) < 4.78 is 7.63. The molecule has 34 heavy (non-hydrogen) atoms. The highest BCUT2D eigenvalue weighted by atomic mass is 79.9. The number of nitro benzene ring substituents is 1. The van der Waals surface area contributed by atoms with Crippen molar-refractivity contribution in [2.45, 2.75) is 13.5 Å². The number of ether oxygens (including phenoxy) is 1. The van der Waals surface area contributed by atoms with Crippen LogP contribution in [-0.4, -0.2) is 20.8 Å². The van der Waals surface area contributed by atoms with Gasteiger partial charge in [0.15, 0.2) is 0 Å². The van der Waals surface area contributed by atoms with Crippen molar-refractivity contribution in [3.8, 4) is 5.75 Å².